The number of ether oxygens (including phenoxy) is 1. The van der Waals surface area contributed by atoms with Crippen molar-refractivity contribution in [2.45, 2.75) is 19.3 Å². The minimum atomic E-state index is -4.70. The Balaban J connectivity index is 0.000000244. The Bertz CT molecular complexity index is 1460. The molecule has 9 nitrogen and oxygen atoms in total. The Labute approximate surface area is 234 Å². The van der Waals surface area contributed by atoms with E-state index in [9.17, 15) is 13.2 Å². The Morgan fingerprint density at radius 2 is 1.68 bits per heavy atom. The maximum Gasteiger partial charge on any atom is 0.446 e. The molecule has 0 saturated carbocycles. The minimum Gasteiger partial charge on any atom is -0.478 e. The summed E-state index contributed by atoms with van der Waals surface area (Å²) in [6.45, 7) is 1.06. The van der Waals surface area contributed by atoms with Crippen LogP contribution in [0.3, 0.4) is 0 Å². The summed E-state index contributed by atoms with van der Waals surface area (Å²) in [6, 6.07) is 18.1. The molecule has 0 bridgehead atoms. The lowest BCUT2D eigenvalue weighted by atomic mass is 10.1. The maximum absolute atomic E-state index is 10.6. The van der Waals surface area contributed by atoms with Crippen molar-refractivity contribution >= 4 is 51.2 Å². The van der Waals surface area contributed by atoms with E-state index in [0.29, 0.717) is 28.2 Å². The van der Waals surface area contributed by atoms with E-state index in [1.165, 1.54) is 12.1 Å². The number of aromatic carboxylic acids is 1. The van der Waals surface area contributed by atoms with Crippen molar-refractivity contribution in [2.75, 3.05) is 0 Å². The molecule has 0 aliphatic heterocycles. The number of aromatic nitrogens is 2. The van der Waals surface area contributed by atoms with Gasteiger partial charge in [0.2, 0.25) is 0 Å². The average Bonchev–Trinajstić information content (AvgIpc) is 3.36. The summed E-state index contributed by atoms with van der Waals surface area (Å²) >= 11 is 18.3. The molecule has 2 N–H and O–H groups in total. The number of rotatable bonds is 9. The van der Waals surface area contributed by atoms with Gasteiger partial charge in [-0.25, -0.2) is 9.78 Å². The molecular formula is C25H21Cl3N2O7S. The van der Waals surface area contributed by atoms with Crippen molar-refractivity contribution in [2.24, 2.45) is 0 Å². The monoisotopic (exact) mass is 598 g/mol. The molecule has 0 spiro atoms. The highest BCUT2D eigenvalue weighted by atomic mass is 35.5. The lowest BCUT2D eigenvalue weighted by Gasteiger charge is -2.20. The van der Waals surface area contributed by atoms with Crippen LogP contribution in [-0.4, -0.2) is 33.6 Å². The number of carboxylic acid groups (broad SMARTS) is 1. The molecule has 0 fully saturated rings. The zero-order chi connectivity index (χ0) is 27.7. The number of carbonyl (C=O) groups is 1. The number of imidazole rings is 1. The molecule has 13 heteroatoms. The number of hydrogen-bond donors (Lipinski definition) is 2. The zero-order valence-electron chi connectivity index (χ0n) is 19.4. The Kier molecular flexibility index (Phi) is 10.5. The van der Waals surface area contributed by atoms with Gasteiger partial charge in [-0.15, -0.1) is 0 Å². The first-order valence-electron chi connectivity index (χ1n) is 10.8. The van der Waals surface area contributed by atoms with Gasteiger partial charge in [-0.3, -0.25) is 4.55 Å². The van der Waals surface area contributed by atoms with Crippen molar-refractivity contribution < 1.29 is 31.8 Å². The number of halogens is 3. The minimum absolute atomic E-state index is 0.223. The highest BCUT2D eigenvalue weighted by Crippen LogP contribution is 2.30. The Morgan fingerprint density at radius 1 is 1.00 bits per heavy atom. The average molecular weight is 600 g/mol. The third-order valence-electron chi connectivity index (χ3n) is 4.92. The van der Waals surface area contributed by atoms with Gasteiger partial charge in [0.1, 0.15) is 11.7 Å². The number of carboxylic acids is 1. The van der Waals surface area contributed by atoms with Gasteiger partial charge in [-0.05, 0) is 42.0 Å². The van der Waals surface area contributed by atoms with Crippen molar-refractivity contribution in [3.63, 3.8) is 0 Å². The van der Waals surface area contributed by atoms with Crippen LogP contribution in [0.4, 0.5) is 0 Å². The van der Waals surface area contributed by atoms with Crippen molar-refractivity contribution in [1.82, 2.24) is 9.55 Å². The summed E-state index contributed by atoms with van der Waals surface area (Å²) in [5.41, 5.74) is 1.59. The smallest absolute Gasteiger partial charge is 0.446 e. The number of nitrogens with zero attached hydrogens (tertiary/aromatic N) is 2. The van der Waals surface area contributed by atoms with Gasteiger partial charge in [0.15, 0.2) is 5.75 Å². The summed E-state index contributed by atoms with van der Waals surface area (Å²) in [5.74, 6) is -1.77. The first-order chi connectivity index (χ1) is 18.0. The van der Waals surface area contributed by atoms with Crippen LogP contribution in [0.1, 0.15) is 27.6 Å². The first-order valence-corrected chi connectivity index (χ1v) is 13.3. The molecule has 4 aromatic rings. The molecule has 200 valence electrons. The van der Waals surface area contributed by atoms with Crippen LogP contribution in [0, 0.1) is 0 Å². The van der Waals surface area contributed by atoms with E-state index in [2.05, 4.69) is 9.17 Å². The second-order valence-corrected chi connectivity index (χ2v) is 9.97. The Hall–Kier alpha value is -3.12. The lowest BCUT2D eigenvalue weighted by Crippen LogP contribution is -2.12. The first kappa shape index (κ1) is 29.4. The van der Waals surface area contributed by atoms with Gasteiger partial charge in [-0.2, -0.15) is 8.42 Å². The molecule has 1 heterocycles. The van der Waals surface area contributed by atoms with Crippen molar-refractivity contribution in [1.29, 1.82) is 0 Å². The van der Waals surface area contributed by atoms with Gasteiger partial charge in [-0.1, -0.05) is 65.1 Å². The maximum atomic E-state index is 10.6. The second kappa shape index (κ2) is 13.6. The van der Waals surface area contributed by atoms with Crippen LogP contribution >= 0.6 is 34.8 Å². The molecule has 4 rings (SSSR count). The standard InChI is InChI=1S/C18H15Cl3N2O.C7H6O6S/c19-14-3-1-13(2-4-14)11-24-18(10-23-8-7-22-12-23)16-6-5-15(20)9-17(16)21;8-7(9)5-3-1-2-4-6(5)13-14(10,11)12/h1-9,12,18H,10-11H2;1-4H,(H,8,9)(H,10,11,12)/t18-;/m0./s1. The normalized spacial score (nSPS) is 11.8. The van der Waals surface area contributed by atoms with E-state index >= 15 is 0 Å². The molecule has 0 radical (unpaired) electrons. The third kappa shape index (κ3) is 9.32. The highest BCUT2D eigenvalue weighted by Gasteiger charge is 2.17. The topological polar surface area (TPSA) is 128 Å². The third-order valence-corrected chi connectivity index (χ3v) is 6.13. The van der Waals surface area contributed by atoms with E-state index in [-0.39, 0.29) is 11.7 Å². The molecule has 0 unspecified atom stereocenters. The van der Waals surface area contributed by atoms with Crippen LogP contribution in [0.25, 0.3) is 0 Å². The molecule has 0 aliphatic rings. The Morgan fingerprint density at radius 3 is 2.29 bits per heavy atom. The number of hydrogen-bond acceptors (Lipinski definition) is 6. The second-order valence-electron chi connectivity index (χ2n) is 7.66. The SMILES string of the molecule is Clc1ccc(CO[C@@H](Cn2ccnc2)c2ccc(Cl)cc2Cl)cc1.O=C(O)c1ccccc1OS(=O)(=O)O. The van der Waals surface area contributed by atoms with Crippen LogP contribution in [0.15, 0.2) is 85.5 Å². The summed E-state index contributed by atoms with van der Waals surface area (Å²) < 4.78 is 41.1. The van der Waals surface area contributed by atoms with Gasteiger partial charge in [0.25, 0.3) is 0 Å². The van der Waals surface area contributed by atoms with E-state index in [1.54, 1.807) is 18.6 Å². The zero-order valence-corrected chi connectivity index (χ0v) is 22.5. The van der Waals surface area contributed by atoms with Crippen LogP contribution < -0.4 is 4.18 Å². The summed E-state index contributed by atoms with van der Waals surface area (Å²) in [4.78, 5) is 14.6. The van der Waals surface area contributed by atoms with Crippen molar-refractivity contribution in [3.8, 4) is 5.75 Å². The van der Waals surface area contributed by atoms with Crippen LogP contribution in [0.2, 0.25) is 15.1 Å². The van der Waals surface area contributed by atoms with Crippen LogP contribution in [-0.2, 0) is 28.3 Å². The summed E-state index contributed by atoms with van der Waals surface area (Å²) in [7, 11) is -4.70. The van der Waals surface area contributed by atoms with Crippen molar-refractivity contribution in [3.05, 3.63) is 117 Å². The number of para-hydroxylation sites is 1. The molecule has 1 atom stereocenters. The van der Waals surface area contributed by atoms with Gasteiger partial charge in [0.05, 0.1) is 19.5 Å². The van der Waals surface area contributed by atoms with E-state index in [0.717, 1.165) is 23.3 Å². The molecule has 0 amide bonds. The fourth-order valence-electron chi connectivity index (χ4n) is 3.20. The van der Waals surface area contributed by atoms with E-state index in [4.69, 9.17) is 49.2 Å². The largest absolute Gasteiger partial charge is 0.478 e. The molecule has 1 aromatic heterocycles. The van der Waals surface area contributed by atoms with E-state index in [1.807, 2.05) is 47.2 Å². The van der Waals surface area contributed by atoms with Crippen LogP contribution in [0.5, 0.6) is 5.75 Å². The number of benzene rings is 3. The van der Waals surface area contributed by atoms with Gasteiger partial charge >= 0.3 is 16.4 Å². The molecular weight excluding hydrogens is 579 g/mol. The molecule has 0 aliphatic carbocycles. The lowest BCUT2D eigenvalue weighted by molar-refractivity contribution is 0.0280. The molecule has 38 heavy (non-hydrogen) atoms. The van der Waals surface area contributed by atoms with Gasteiger partial charge in [0, 0.05) is 33.0 Å². The summed E-state index contributed by atoms with van der Waals surface area (Å²) in [6.07, 6.45) is 5.16. The predicted octanol–water partition coefficient (Wildman–Crippen LogP) is 6.37. The van der Waals surface area contributed by atoms with E-state index < -0.39 is 22.1 Å². The fourth-order valence-corrected chi connectivity index (χ4v) is 4.22. The summed E-state index contributed by atoms with van der Waals surface area (Å²) in [5, 5.41) is 10.5. The highest BCUT2D eigenvalue weighted by molar-refractivity contribution is 7.81. The molecule has 0 saturated heterocycles. The fraction of sp³-hybridized carbons (Fsp3) is 0.120. The molecule has 3 aromatic carbocycles. The quantitative estimate of drug-likeness (QED) is 0.213. The predicted molar refractivity (Wildman–Crippen MR) is 143 cm³/mol. The van der Waals surface area contributed by atoms with Gasteiger partial charge < -0.3 is 18.6 Å².